The number of nitrogens with zero attached hydrogens (tertiary/aromatic N) is 1. The van der Waals surface area contributed by atoms with Crippen LogP contribution < -0.4 is 5.56 Å². The van der Waals surface area contributed by atoms with Crippen LogP contribution in [0.1, 0.15) is 18.2 Å². The minimum atomic E-state index is -0.0220. The molecule has 0 saturated heterocycles. The number of aromatic nitrogens is 2. The van der Waals surface area contributed by atoms with Crippen LogP contribution in [0.15, 0.2) is 21.6 Å². The van der Waals surface area contributed by atoms with Crippen molar-refractivity contribution in [2.45, 2.75) is 20.3 Å². The number of hydrogen-bond acceptors (Lipinski definition) is 3. The van der Waals surface area contributed by atoms with Crippen molar-refractivity contribution < 1.29 is 0 Å². The summed E-state index contributed by atoms with van der Waals surface area (Å²) in [5, 5.41) is 3.95. The summed E-state index contributed by atoms with van der Waals surface area (Å²) in [4.78, 5) is 18.9. The fourth-order valence-corrected chi connectivity index (χ4v) is 2.20. The lowest BCUT2D eigenvalue weighted by Gasteiger charge is -2.03. The summed E-state index contributed by atoms with van der Waals surface area (Å²) in [6.45, 7) is 3.84. The number of nitrogens with one attached hydrogen (secondary N) is 1. The van der Waals surface area contributed by atoms with E-state index in [4.69, 9.17) is 0 Å². The summed E-state index contributed by atoms with van der Waals surface area (Å²) in [6, 6.07) is 1.95. The summed E-state index contributed by atoms with van der Waals surface area (Å²) in [5.74, 6) is 0.663. The highest BCUT2D eigenvalue weighted by Crippen LogP contribution is 2.17. The highest BCUT2D eigenvalue weighted by molar-refractivity contribution is 7.08. The number of rotatable bonds is 2. The van der Waals surface area contributed by atoms with Gasteiger partial charge in [-0.2, -0.15) is 11.3 Å². The molecule has 2 aromatic rings. The van der Waals surface area contributed by atoms with Crippen molar-refractivity contribution >= 4 is 11.3 Å². The van der Waals surface area contributed by atoms with Gasteiger partial charge >= 0.3 is 0 Å². The van der Waals surface area contributed by atoms with Gasteiger partial charge in [0, 0.05) is 22.2 Å². The molecule has 0 aliphatic heterocycles. The van der Waals surface area contributed by atoms with Crippen molar-refractivity contribution in [3.05, 3.63) is 38.4 Å². The Hall–Kier alpha value is -1.42. The largest absolute Gasteiger partial charge is 0.306 e. The molecule has 0 aliphatic rings. The first-order valence-electron chi connectivity index (χ1n) is 4.84. The molecule has 2 rings (SSSR count). The van der Waals surface area contributed by atoms with Gasteiger partial charge in [0.2, 0.25) is 0 Å². The maximum absolute atomic E-state index is 11.7. The van der Waals surface area contributed by atoms with Crippen LogP contribution in [-0.4, -0.2) is 9.97 Å². The second kappa shape index (κ2) is 3.98. The molecule has 2 aromatic heterocycles. The Morgan fingerprint density at radius 1 is 1.53 bits per heavy atom. The highest BCUT2D eigenvalue weighted by atomic mass is 32.1. The van der Waals surface area contributed by atoms with E-state index in [9.17, 15) is 4.79 Å². The SMILES string of the molecule is CCc1c(C)nc(-c2ccsc2)[nH]c1=O. The number of hydrogen-bond donors (Lipinski definition) is 1. The predicted molar refractivity (Wildman–Crippen MR) is 62.3 cm³/mol. The zero-order valence-corrected chi connectivity index (χ0v) is 9.52. The highest BCUT2D eigenvalue weighted by Gasteiger charge is 2.07. The zero-order chi connectivity index (χ0) is 10.8. The second-order valence-electron chi connectivity index (χ2n) is 3.34. The van der Waals surface area contributed by atoms with Gasteiger partial charge in [0.15, 0.2) is 0 Å². The van der Waals surface area contributed by atoms with E-state index in [0.717, 1.165) is 23.2 Å². The van der Waals surface area contributed by atoms with E-state index in [1.54, 1.807) is 11.3 Å². The van der Waals surface area contributed by atoms with E-state index in [1.807, 2.05) is 30.7 Å². The van der Waals surface area contributed by atoms with E-state index in [-0.39, 0.29) is 5.56 Å². The first-order valence-corrected chi connectivity index (χ1v) is 5.79. The van der Waals surface area contributed by atoms with E-state index < -0.39 is 0 Å². The number of aromatic amines is 1. The molecular weight excluding hydrogens is 208 g/mol. The minimum absolute atomic E-state index is 0.0220. The Kier molecular flexibility index (Phi) is 2.68. The van der Waals surface area contributed by atoms with Crippen molar-refractivity contribution in [3.63, 3.8) is 0 Å². The molecule has 3 nitrogen and oxygen atoms in total. The summed E-state index contributed by atoms with van der Waals surface area (Å²) in [7, 11) is 0. The molecule has 0 aromatic carbocycles. The maximum Gasteiger partial charge on any atom is 0.254 e. The molecule has 0 fully saturated rings. The smallest absolute Gasteiger partial charge is 0.254 e. The molecule has 0 bridgehead atoms. The zero-order valence-electron chi connectivity index (χ0n) is 8.70. The van der Waals surface area contributed by atoms with Gasteiger partial charge in [0.05, 0.1) is 0 Å². The van der Waals surface area contributed by atoms with E-state index in [1.165, 1.54) is 0 Å². The Balaban J connectivity index is 2.58. The molecule has 0 spiro atoms. The third-order valence-corrected chi connectivity index (χ3v) is 3.05. The standard InChI is InChI=1S/C11H12N2OS/c1-3-9-7(2)12-10(13-11(9)14)8-4-5-15-6-8/h4-6H,3H2,1-2H3,(H,12,13,14). The van der Waals surface area contributed by atoms with Gasteiger partial charge in [-0.1, -0.05) is 6.92 Å². The Morgan fingerprint density at radius 2 is 2.33 bits per heavy atom. The molecule has 0 atom stereocenters. The van der Waals surface area contributed by atoms with Crippen LogP contribution in [0.3, 0.4) is 0 Å². The quantitative estimate of drug-likeness (QED) is 0.844. The van der Waals surface area contributed by atoms with Crippen LogP contribution in [0.5, 0.6) is 0 Å². The molecule has 0 amide bonds. The molecule has 0 saturated carbocycles. The molecule has 15 heavy (non-hydrogen) atoms. The van der Waals surface area contributed by atoms with Gasteiger partial charge in [-0.25, -0.2) is 4.98 Å². The molecule has 1 N–H and O–H groups in total. The Labute approximate surface area is 91.8 Å². The van der Waals surface area contributed by atoms with Gasteiger partial charge in [-0.05, 0) is 24.8 Å². The fourth-order valence-electron chi connectivity index (χ4n) is 1.56. The molecule has 4 heteroatoms. The molecule has 0 unspecified atom stereocenters. The summed E-state index contributed by atoms with van der Waals surface area (Å²) in [5.41, 5.74) is 2.55. The van der Waals surface area contributed by atoms with E-state index in [0.29, 0.717) is 5.82 Å². The maximum atomic E-state index is 11.7. The van der Waals surface area contributed by atoms with Crippen LogP contribution in [0.4, 0.5) is 0 Å². The first kappa shape index (κ1) is 10.1. The third kappa shape index (κ3) is 1.85. The predicted octanol–water partition coefficient (Wildman–Crippen LogP) is 2.37. The summed E-state index contributed by atoms with van der Waals surface area (Å²) in [6.07, 6.45) is 0.720. The van der Waals surface area contributed by atoms with Gasteiger partial charge in [-0.15, -0.1) is 0 Å². The normalized spacial score (nSPS) is 10.5. The average Bonchev–Trinajstić information content (AvgIpc) is 2.69. The lowest BCUT2D eigenvalue weighted by molar-refractivity contribution is 0.968. The van der Waals surface area contributed by atoms with Gasteiger partial charge in [0.25, 0.3) is 5.56 Å². The van der Waals surface area contributed by atoms with E-state index in [2.05, 4.69) is 9.97 Å². The Morgan fingerprint density at radius 3 is 2.87 bits per heavy atom. The van der Waals surface area contributed by atoms with Crippen molar-refractivity contribution in [2.75, 3.05) is 0 Å². The summed E-state index contributed by atoms with van der Waals surface area (Å²) >= 11 is 1.59. The number of thiophene rings is 1. The fraction of sp³-hybridized carbons (Fsp3) is 0.273. The lowest BCUT2D eigenvalue weighted by atomic mass is 10.2. The molecule has 2 heterocycles. The lowest BCUT2D eigenvalue weighted by Crippen LogP contribution is -2.16. The van der Waals surface area contributed by atoms with Gasteiger partial charge in [-0.3, -0.25) is 4.79 Å². The van der Waals surface area contributed by atoms with Crippen LogP contribution >= 0.6 is 11.3 Å². The Bertz CT molecular complexity index is 514. The molecule has 78 valence electrons. The van der Waals surface area contributed by atoms with Crippen LogP contribution in [0.25, 0.3) is 11.4 Å². The van der Waals surface area contributed by atoms with Crippen molar-refractivity contribution in [1.29, 1.82) is 0 Å². The van der Waals surface area contributed by atoms with E-state index >= 15 is 0 Å². The number of aryl methyl sites for hydroxylation is 1. The minimum Gasteiger partial charge on any atom is -0.306 e. The second-order valence-corrected chi connectivity index (χ2v) is 4.12. The average molecular weight is 220 g/mol. The number of H-pyrrole nitrogens is 1. The van der Waals surface area contributed by atoms with Crippen LogP contribution in [0, 0.1) is 6.92 Å². The van der Waals surface area contributed by atoms with Gasteiger partial charge in [0.1, 0.15) is 5.82 Å². The topological polar surface area (TPSA) is 45.8 Å². The summed E-state index contributed by atoms with van der Waals surface area (Å²) < 4.78 is 0. The van der Waals surface area contributed by atoms with Crippen LogP contribution in [0.2, 0.25) is 0 Å². The van der Waals surface area contributed by atoms with Crippen molar-refractivity contribution in [1.82, 2.24) is 9.97 Å². The van der Waals surface area contributed by atoms with Crippen LogP contribution in [-0.2, 0) is 6.42 Å². The molecule has 0 radical (unpaired) electrons. The van der Waals surface area contributed by atoms with Crippen molar-refractivity contribution in [3.8, 4) is 11.4 Å². The van der Waals surface area contributed by atoms with Gasteiger partial charge < -0.3 is 4.98 Å². The first-order chi connectivity index (χ1) is 7.22. The van der Waals surface area contributed by atoms with Crippen molar-refractivity contribution in [2.24, 2.45) is 0 Å². The monoisotopic (exact) mass is 220 g/mol. The third-order valence-electron chi connectivity index (χ3n) is 2.37. The molecular formula is C11H12N2OS. The molecule has 0 aliphatic carbocycles.